The highest BCUT2D eigenvalue weighted by Crippen LogP contribution is 2.30. The maximum absolute atomic E-state index is 11.1. The molecule has 0 bridgehead atoms. The van der Waals surface area contributed by atoms with E-state index in [1.807, 2.05) is 0 Å². The van der Waals surface area contributed by atoms with Crippen molar-refractivity contribution in [2.24, 2.45) is 0 Å². The topological polar surface area (TPSA) is 88.1 Å². The molecule has 0 saturated carbocycles. The van der Waals surface area contributed by atoms with Crippen molar-refractivity contribution >= 4 is 33.8 Å². The Hall–Kier alpha value is -1.15. The molecule has 0 aromatic rings. The number of carbonyl (C=O) groups excluding carboxylic acids is 3. The first-order valence-corrected chi connectivity index (χ1v) is 6.50. The number of esters is 3. The summed E-state index contributed by atoms with van der Waals surface area (Å²) in [5, 5.41) is -0.638. The number of rotatable bonds is 4. The second kappa shape index (κ2) is 6.85. The van der Waals surface area contributed by atoms with Gasteiger partial charge in [0, 0.05) is 20.8 Å². The third-order valence-electron chi connectivity index (χ3n) is 2.31. The first-order chi connectivity index (χ1) is 8.81. The standard InChI is InChI=1S/C11H15BrO7/c1-5(13)16-4-8-9(17-6(2)14)10(11(12)19-8)18-7(3)15/h8-11H,4H2,1-3H3/t8-,9-,10+,11+/m0/s1. The van der Waals surface area contributed by atoms with Gasteiger partial charge in [0.1, 0.15) is 12.7 Å². The smallest absolute Gasteiger partial charge is 0.303 e. The van der Waals surface area contributed by atoms with E-state index in [1.54, 1.807) is 0 Å². The highest BCUT2D eigenvalue weighted by Gasteiger charge is 2.48. The van der Waals surface area contributed by atoms with Gasteiger partial charge in [-0.3, -0.25) is 14.4 Å². The Morgan fingerprint density at radius 1 is 1.00 bits per heavy atom. The minimum Gasteiger partial charge on any atom is -0.463 e. The van der Waals surface area contributed by atoms with Gasteiger partial charge in [-0.05, 0) is 0 Å². The van der Waals surface area contributed by atoms with Crippen LogP contribution < -0.4 is 0 Å². The molecule has 0 unspecified atom stereocenters. The fourth-order valence-electron chi connectivity index (χ4n) is 1.66. The third-order valence-corrected chi connectivity index (χ3v) is 3.05. The van der Waals surface area contributed by atoms with E-state index in [0.29, 0.717) is 0 Å². The Kier molecular flexibility index (Phi) is 5.74. The molecule has 0 radical (unpaired) electrons. The van der Waals surface area contributed by atoms with Gasteiger partial charge in [-0.1, -0.05) is 15.9 Å². The summed E-state index contributed by atoms with van der Waals surface area (Å²) >= 11 is 3.18. The van der Waals surface area contributed by atoms with Crippen LogP contribution in [0, 0.1) is 0 Å². The van der Waals surface area contributed by atoms with E-state index < -0.39 is 41.2 Å². The van der Waals surface area contributed by atoms with E-state index in [0.717, 1.165) is 0 Å². The van der Waals surface area contributed by atoms with E-state index >= 15 is 0 Å². The lowest BCUT2D eigenvalue weighted by Crippen LogP contribution is -2.40. The second-order valence-electron chi connectivity index (χ2n) is 3.98. The van der Waals surface area contributed by atoms with Crippen LogP contribution in [0.25, 0.3) is 0 Å². The summed E-state index contributed by atoms with van der Waals surface area (Å²) in [6.45, 7) is 3.64. The molecule has 1 saturated heterocycles. The van der Waals surface area contributed by atoms with Crippen LogP contribution in [0.2, 0.25) is 0 Å². The maximum atomic E-state index is 11.1. The predicted octanol–water partition coefficient (Wildman–Crippen LogP) is 0.533. The monoisotopic (exact) mass is 338 g/mol. The molecular formula is C11H15BrO7. The van der Waals surface area contributed by atoms with Gasteiger partial charge in [-0.15, -0.1) is 0 Å². The second-order valence-corrected chi connectivity index (χ2v) is 4.88. The van der Waals surface area contributed by atoms with Crippen molar-refractivity contribution in [1.82, 2.24) is 0 Å². The largest absolute Gasteiger partial charge is 0.463 e. The Morgan fingerprint density at radius 3 is 2.00 bits per heavy atom. The summed E-state index contributed by atoms with van der Waals surface area (Å²) in [6, 6.07) is 0. The Balaban J connectivity index is 2.76. The third kappa shape index (κ3) is 4.79. The molecule has 1 rings (SSSR count). The first-order valence-electron chi connectivity index (χ1n) is 5.58. The minimum atomic E-state index is -0.829. The van der Waals surface area contributed by atoms with Gasteiger partial charge < -0.3 is 18.9 Å². The molecule has 0 aromatic heterocycles. The quantitative estimate of drug-likeness (QED) is 0.419. The predicted molar refractivity (Wildman–Crippen MR) is 65.3 cm³/mol. The number of halogens is 1. The molecule has 0 amide bonds. The van der Waals surface area contributed by atoms with Crippen LogP contribution in [-0.2, 0) is 33.3 Å². The van der Waals surface area contributed by atoms with Crippen molar-refractivity contribution in [2.45, 2.75) is 44.1 Å². The average molecular weight is 339 g/mol. The fourth-order valence-corrected chi connectivity index (χ4v) is 2.35. The molecule has 0 aromatic carbocycles. The van der Waals surface area contributed by atoms with Crippen molar-refractivity contribution in [3.8, 4) is 0 Å². The van der Waals surface area contributed by atoms with Crippen LogP contribution in [0.3, 0.4) is 0 Å². The highest BCUT2D eigenvalue weighted by atomic mass is 79.9. The molecule has 0 N–H and O–H groups in total. The zero-order valence-corrected chi connectivity index (χ0v) is 12.3. The van der Waals surface area contributed by atoms with Gasteiger partial charge in [-0.25, -0.2) is 0 Å². The van der Waals surface area contributed by atoms with Crippen molar-refractivity contribution in [3.63, 3.8) is 0 Å². The Bertz CT molecular complexity index is 370. The van der Waals surface area contributed by atoms with Crippen LogP contribution >= 0.6 is 15.9 Å². The zero-order valence-electron chi connectivity index (χ0n) is 10.8. The molecule has 0 spiro atoms. The van der Waals surface area contributed by atoms with Crippen molar-refractivity contribution < 1.29 is 33.3 Å². The molecule has 19 heavy (non-hydrogen) atoms. The molecular weight excluding hydrogens is 324 g/mol. The normalized spacial score (nSPS) is 29.7. The van der Waals surface area contributed by atoms with Gasteiger partial charge in [0.15, 0.2) is 17.2 Å². The van der Waals surface area contributed by atoms with Gasteiger partial charge in [-0.2, -0.15) is 0 Å². The van der Waals surface area contributed by atoms with Crippen molar-refractivity contribution in [1.29, 1.82) is 0 Å². The molecule has 8 heteroatoms. The minimum absolute atomic E-state index is 0.0901. The molecule has 108 valence electrons. The number of hydrogen-bond donors (Lipinski definition) is 0. The SMILES string of the molecule is CC(=O)OC[C@@H]1O[C@@H](Br)[C@H](OC(C)=O)[C@H]1OC(C)=O. The number of alkyl halides is 1. The molecule has 1 aliphatic heterocycles. The van der Waals surface area contributed by atoms with E-state index in [4.69, 9.17) is 18.9 Å². The fraction of sp³-hybridized carbons (Fsp3) is 0.727. The highest BCUT2D eigenvalue weighted by molar-refractivity contribution is 9.09. The van der Waals surface area contributed by atoms with Crippen molar-refractivity contribution in [2.75, 3.05) is 6.61 Å². The lowest BCUT2D eigenvalue weighted by atomic mass is 10.1. The number of carbonyl (C=O) groups is 3. The maximum Gasteiger partial charge on any atom is 0.303 e. The molecule has 1 fully saturated rings. The van der Waals surface area contributed by atoms with Gasteiger partial charge >= 0.3 is 17.9 Å². The summed E-state index contributed by atoms with van der Waals surface area (Å²) in [6.07, 6.45) is -2.31. The Labute approximate surface area is 118 Å². The van der Waals surface area contributed by atoms with E-state index in [1.165, 1.54) is 20.8 Å². The summed E-state index contributed by atoms with van der Waals surface area (Å²) < 4.78 is 20.4. The van der Waals surface area contributed by atoms with E-state index in [2.05, 4.69) is 15.9 Å². The zero-order chi connectivity index (χ0) is 14.6. The van der Waals surface area contributed by atoms with E-state index in [-0.39, 0.29) is 6.61 Å². The summed E-state index contributed by atoms with van der Waals surface area (Å²) in [5.74, 6) is -1.55. The Morgan fingerprint density at radius 2 is 1.53 bits per heavy atom. The molecule has 0 aliphatic carbocycles. The van der Waals surface area contributed by atoms with Gasteiger partial charge in [0.25, 0.3) is 0 Å². The lowest BCUT2D eigenvalue weighted by Gasteiger charge is -2.22. The molecule has 7 nitrogen and oxygen atoms in total. The average Bonchev–Trinajstić information content (AvgIpc) is 2.53. The van der Waals surface area contributed by atoms with Gasteiger partial charge in [0.2, 0.25) is 0 Å². The molecule has 1 heterocycles. The summed E-state index contributed by atoms with van der Waals surface area (Å²) in [7, 11) is 0. The number of hydrogen-bond acceptors (Lipinski definition) is 7. The van der Waals surface area contributed by atoms with Crippen LogP contribution in [0.1, 0.15) is 20.8 Å². The van der Waals surface area contributed by atoms with Crippen LogP contribution in [0.15, 0.2) is 0 Å². The first kappa shape index (κ1) is 15.9. The van der Waals surface area contributed by atoms with E-state index in [9.17, 15) is 14.4 Å². The lowest BCUT2D eigenvalue weighted by molar-refractivity contribution is -0.165. The summed E-state index contributed by atoms with van der Waals surface area (Å²) in [4.78, 5) is 32.9. The van der Waals surface area contributed by atoms with Crippen molar-refractivity contribution in [3.05, 3.63) is 0 Å². The summed E-state index contributed by atoms with van der Waals surface area (Å²) in [5.41, 5.74) is 0. The molecule has 1 aliphatic rings. The van der Waals surface area contributed by atoms with Crippen LogP contribution in [-0.4, -0.2) is 47.8 Å². The van der Waals surface area contributed by atoms with Crippen LogP contribution in [0.4, 0.5) is 0 Å². The van der Waals surface area contributed by atoms with Gasteiger partial charge in [0.05, 0.1) is 0 Å². The molecule has 4 atom stereocenters. The number of ether oxygens (including phenoxy) is 4. The van der Waals surface area contributed by atoms with Crippen LogP contribution in [0.5, 0.6) is 0 Å².